The molecular weight excluding hydrogens is 284 g/mol. The van der Waals surface area contributed by atoms with Gasteiger partial charge in [-0.05, 0) is 40.9 Å². The highest BCUT2D eigenvalue weighted by Gasteiger charge is 2.64. The third kappa shape index (κ3) is 2.69. The minimum absolute atomic E-state index is 0.165. The summed E-state index contributed by atoms with van der Waals surface area (Å²) in [5, 5.41) is 0. The Hall–Kier alpha value is -1.07. The molecule has 4 nitrogen and oxygen atoms in total. The molecule has 5 heteroatoms. The summed E-state index contributed by atoms with van der Waals surface area (Å²) in [6.45, 7) is 11.2. The summed E-state index contributed by atoms with van der Waals surface area (Å²) in [4.78, 5) is 0.307. The quantitative estimate of drug-likeness (QED) is 0.821. The Morgan fingerprint density at radius 2 is 1.76 bits per heavy atom. The SMILES string of the molecule is CCc1ccc(N)cc1S(=O)(=O)NCC1C(C)(C)C1(C)C. The van der Waals surface area contributed by atoms with Gasteiger partial charge in [-0.1, -0.05) is 40.7 Å². The number of nitrogen functional groups attached to an aromatic ring is 1. The molecule has 21 heavy (non-hydrogen) atoms. The zero-order chi connectivity index (χ0) is 16.1. The molecule has 3 N–H and O–H groups in total. The highest BCUT2D eigenvalue weighted by molar-refractivity contribution is 7.89. The first-order chi connectivity index (χ1) is 9.54. The van der Waals surface area contributed by atoms with E-state index in [1.54, 1.807) is 18.2 Å². The van der Waals surface area contributed by atoms with Gasteiger partial charge in [-0.15, -0.1) is 0 Å². The molecular formula is C16H26N2O2S. The molecule has 1 aromatic rings. The van der Waals surface area contributed by atoms with Gasteiger partial charge in [-0.25, -0.2) is 13.1 Å². The van der Waals surface area contributed by atoms with Gasteiger partial charge >= 0.3 is 0 Å². The molecule has 0 aliphatic heterocycles. The molecule has 0 unspecified atom stereocenters. The average Bonchev–Trinajstić information content (AvgIpc) is 2.77. The molecule has 1 fully saturated rings. The number of hydrogen-bond donors (Lipinski definition) is 2. The normalized spacial score (nSPS) is 20.4. The molecule has 0 spiro atoms. The summed E-state index contributed by atoms with van der Waals surface area (Å²) in [7, 11) is -3.51. The Labute approximate surface area is 128 Å². The third-order valence-corrected chi connectivity index (χ3v) is 7.06. The topological polar surface area (TPSA) is 72.2 Å². The van der Waals surface area contributed by atoms with Crippen molar-refractivity contribution in [2.45, 2.75) is 45.9 Å². The van der Waals surface area contributed by atoms with Gasteiger partial charge in [0.15, 0.2) is 0 Å². The first-order valence-electron chi connectivity index (χ1n) is 7.42. The Kier molecular flexibility index (Phi) is 3.87. The van der Waals surface area contributed by atoms with Gasteiger partial charge in [0.1, 0.15) is 0 Å². The van der Waals surface area contributed by atoms with Crippen molar-refractivity contribution < 1.29 is 8.42 Å². The van der Waals surface area contributed by atoms with Crippen molar-refractivity contribution in [2.24, 2.45) is 16.7 Å². The van der Waals surface area contributed by atoms with Crippen LogP contribution in [0.5, 0.6) is 0 Å². The van der Waals surface area contributed by atoms with E-state index in [0.717, 1.165) is 5.56 Å². The smallest absolute Gasteiger partial charge is 0.240 e. The Morgan fingerprint density at radius 3 is 2.24 bits per heavy atom. The van der Waals surface area contributed by atoms with Crippen LogP contribution in [0.2, 0.25) is 0 Å². The van der Waals surface area contributed by atoms with Gasteiger partial charge in [0.25, 0.3) is 0 Å². The second-order valence-electron chi connectivity index (χ2n) is 7.07. The number of anilines is 1. The Balaban J connectivity index is 2.19. The molecule has 2 rings (SSSR count). The monoisotopic (exact) mass is 310 g/mol. The maximum Gasteiger partial charge on any atom is 0.240 e. The van der Waals surface area contributed by atoms with E-state index in [0.29, 0.717) is 29.5 Å². The summed E-state index contributed by atoms with van der Waals surface area (Å²) < 4.78 is 27.9. The van der Waals surface area contributed by atoms with Crippen LogP contribution < -0.4 is 10.5 Å². The molecule has 0 saturated heterocycles. The second kappa shape index (κ2) is 4.99. The average molecular weight is 310 g/mol. The van der Waals surface area contributed by atoms with E-state index >= 15 is 0 Å². The van der Waals surface area contributed by atoms with Crippen molar-refractivity contribution in [3.05, 3.63) is 23.8 Å². The maximum atomic E-state index is 12.6. The zero-order valence-electron chi connectivity index (χ0n) is 13.5. The summed E-state index contributed by atoms with van der Waals surface area (Å²) in [6.07, 6.45) is 0.664. The molecule has 0 radical (unpaired) electrons. The fourth-order valence-electron chi connectivity index (χ4n) is 3.23. The van der Waals surface area contributed by atoms with Crippen LogP contribution in [0.15, 0.2) is 23.1 Å². The summed E-state index contributed by atoms with van der Waals surface area (Å²) in [5.41, 5.74) is 7.34. The van der Waals surface area contributed by atoms with E-state index < -0.39 is 10.0 Å². The van der Waals surface area contributed by atoms with E-state index in [-0.39, 0.29) is 10.8 Å². The maximum absolute atomic E-state index is 12.6. The number of aryl methyl sites for hydroxylation is 1. The van der Waals surface area contributed by atoms with Crippen LogP contribution in [-0.4, -0.2) is 15.0 Å². The molecule has 1 saturated carbocycles. The van der Waals surface area contributed by atoms with Crippen molar-refractivity contribution in [3.8, 4) is 0 Å². The van der Waals surface area contributed by atoms with Crippen LogP contribution >= 0.6 is 0 Å². The standard InChI is InChI=1S/C16H26N2O2S/c1-6-11-7-8-12(17)9-13(11)21(19,20)18-10-14-15(2,3)16(14,4)5/h7-9,14,18H,6,10,17H2,1-5H3. The zero-order valence-corrected chi connectivity index (χ0v) is 14.3. The lowest BCUT2D eigenvalue weighted by Crippen LogP contribution is -2.28. The molecule has 0 atom stereocenters. The Bertz CT molecular complexity index is 634. The summed E-state index contributed by atoms with van der Waals surface area (Å²) in [5.74, 6) is 0.353. The first kappa shape index (κ1) is 16.3. The number of benzene rings is 1. The summed E-state index contributed by atoms with van der Waals surface area (Å²) in [6, 6.07) is 5.07. The molecule has 118 valence electrons. The van der Waals surface area contributed by atoms with E-state index in [4.69, 9.17) is 5.73 Å². The molecule has 1 aromatic carbocycles. The van der Waals surface area contributed by atoms with Crippen LogP contribution in [0.4, 0.5) is 5.69 Å². The van der Waals surface area contributed by atoms with Gasteiger partial charge in [0.2, 0.25) is 10.0 Å². The van der Waals surface area contributed by atoms with Gasteiger partial charge in [0, 0.05) is 12.2 Å². The summed E-state index contributed by atoms with van der Waals surface area (Å²) >= 11 is 0. The van der Waals surface area contributed by atoms with Crippen molar-refractivity contribution in [1.82, 2.24) is 4.72 Å². The number of nitrogens with one attached hydrogen (secondary N) is 1. The number of rotatable bonds is 5. The molecule has 0 heterocycles. The van der Waals surface area contributed by atoms with Crippen LogP contribution in [0.3, 0.4) is 0 Å². The first-order valence-corrected chi connectivity index (χ1v) is 8.90. The van der Waals surface area contributed by atoms with E-state index in [2.05, 4.69) is 32.4 Å². The fourth-order valence-corrected chi connectivity index (χ4v) is 4.62. The van der Waals surface area contributed by atoms with Gasteiger partial charge < -0.3 is 5.73 Å². The fraction of sp³-hybridized carbons (Fsp3) is 0.625. The van der Waals surface area contributed by atoms with Crippen LogP contribution in [0.1, 0.15) is 40.2 Å². The largest absolute Gasteiger partial charge is 0.399 e. The number of sulfonamides is 1. The van der Waals surface area contributed by atoms with E-state index in [9.17, 15) is 8.42 Å². The van der Waals surface area contributed by atoms with Gasteiger partial charge in [0.05, 0.1) is 4.90 Å². The van der Waals surface area contributed by atoms with Gasteiger partial charge in [-0.2, -0.15) is 0 Å². The molecule has 1 aliphatic rings. The molecule has 0 bridgehead atoms. The predicted octanol–water partition coefficient (Wildman–Crippen LogP) is 2.79. The lowest BCUT2D eigenvalue weighted by Gasteiger charge is -2.12. The van der Waals surface area contributed by atoms with E-state index in [1.165, 1.54) is 0 Å². The highest BCUT2D eigenvalue weighted by Crippen LogP contribution is 2.67. The molecule has 0 aromatic heterocycles. The molecule has 0 amide bonds. The van der Waals surface area contributed by atoms with Crippen molar-refractivity contribution in [1.29, 1.82) is 0 Å². The van der Waals surface area contributed by atoms with Crippen LogP contribution in [-0.2, 0) is 16.4 Å². The lowest BCUT2D eigenvalue weighted by atomic mass is 10.0. The van der Waals surface area contributed by atoms with Crippen molar-refractivity contribution >= 4 is 15.7 Å². The Morgan fingerprint density at radius 1 is 1.19 bits per heavy atom. The number of hydrogen-bond acceptors (Lipinski definition) is 3. The van der Waals surface area contributed by atoms with Crippen LogP contribution in [0.25, 0.3) is 0 Å². The van der Waals surface area contributed by atoms with Crippen molar-refractivity contribution in [2.75, 3.05) is 12.3 Å². The van der Waals surface area contributed by atoms with Crippen LogP contribution in [0, 0.1) is 16.7 Å². The van der Waals surface area contributed by atoms with Crippen molar-refractivity contribution in [3.63, 3.8) is 0 Å². The second-order valence-corrected chi connectivity index (χ2v) is 8.80. The van der Waals surface area contributed by atoms with E-state index in [1.807, 2.05) is 6.92 Å². The number of nitrogens with two attached hydrogens (primary N) is 1. The minimum Gasteiger partial charge on any atom is -0.399 e. The predicted molar refractivity (Wildman–Crippen MR) is 86.5 cm³/mol. The minimum atomic E-state index is -3.51. The third-order valence-electron chi connectivity index (χ3n) is 5.56. The highest BCUT2D eigenvalue weighted by atomic mass is 32.2. The molecule has 1 aliphatic carbocycles. The van der Waals surface area contributed by atoms with Gasteiger partial charge in [-0.3, -0.25) is 0 Å². The lowest BCUT2D eigenvalue weighted by molar-refractivity contribution is 0.457.